The maximum absolute atomic E-state index is 13.7. The number of fused-ring (bicyclic) bond motifs is 2. The Hall–Kier alpha value is -3.59. The molecule has 0 saturated heterocycles. The fraction of sp³-hybridized carbons (Fsp3) is 0.0385. The Morgan fingerprint density at radius 3 is 2.51 bits per heavy atom. The molecule has 0 atom stereocenters. The average molecular weight is 516 g/mol. The number of para-hydroxylation sites is 2. The van der Waals surface area contributed by atoms with E-state index in [1.165, 1.54) is 22.1 Å². The average Bonchev–Trinajstić information content (AvgIpc) is 3.44. The molecule has 0 aliphatic rings. The minimum Gasteiger partial charge on any atom is -0.872 e. The first-order valence-electron chi connectivity index (χ1n) is 10.7. The largest absolute Gasteiger partial charge is 0.872 e. The molecular formula is C26H16ClN4O2S2-. The third-order valence-corrected chi connectivity index (χ3v) is 7.88. The molecule has 6 rings (SSSR count). The fourth-order valence-electron chi connectivity index (χ4n) is 3.90. The molecule has 1 N–H and O–H groups in total. The molecule has 0 amide bonds. The summed E-state index contributed by atoms with van der Waals surface area (Å²) in [5.41, 5.74) is 2.46. The number of rotatable bonds is 5. The predicted octanol–water partition coefficient (Wildman–Crippen LogP) is 6.01. The minimum atomic E-state index is -0.294. The van der Waals surface area contributed by atoms with Gasteiger partial charge in [0.25, 0.3) is 5.56 Å². The first kappa shape index (κ1) is 21.9. The highest BCUT2D eigenvalue weighted by Gasteiger charge is 2.21. The van der Waals surface area contributed by atoms with Gasteiger partial charge in [0.05, 0.1) is 32.7 Å². The van der Waals surface area contributed by atoms with Gasteiger partial charge in [0.1, 0.15) is 0 Å². The maximum atomic E-state index is 13.7. The minimum absolute atomic E-state index is 0.172. The van der Waals surface area contributed by atoms with E-state index in [-0.39, 0.29) is 11.3 Å². The zero-order chi connectivity index (χ0) is 23.9. The molecule has 0 bridgehead atoms. The number of nitrogens with zero attached hydrogens (tertiary/aromatic N) is 3. The number of H-pyrrole nitrogens is 1. The van der Waals surface area contributed by atoms with Gasteiger partial charge < -0.3 is 5.11 Å². The fourth-order valence-corrected chi connectivity index (χ4v) is 5.80. The van der Waals surface area contributed by atoms with Crippen LogP contribution in [0.3, 0.4) is 0 Å². The Morgan fingerprint density at radius 2 is 1.71 bits per heavy atom. The summed E-state index contributed by atoms with van der Waals surface area (Å²) in [6, 6.07) is 23.8. The summed E-state index contributed by atoms with van der Waals surface area (Å²) in [5.74, 6) is 0.293. The highest BCUT2D eigenvalue weighted by molar-refractivity contribution is 7.98. The molecular weight excluding hydrogens is 500 g/mol. The van der Waals surface area contributed by atoms with Gasteiger partial charge >= 0.3 is 0 Å². The number of benzene rings is 3. The SMILES string of the molecule is O=c1c(-c2cc([O-])c3ccccc3n2)c(CSc2ccc(Cl)cc2)[nH]n1-c1nc2ccccc2s1. The first-order valence-corrected chi connectivity index (χ1v) is 12.9. The zero-order valence-corrected chi connectivity index (χ0v) is 20.5. The number of nitrogens with one attached hydrogen (secondary N) is 1. The number of hydrogen-bond donors (Lipinski definition) is 1. The van der Waals surface area contributed by atoms with Gasteiger partial charge in [0.2, 0.25) is 5.13 Å². The van der Waals surface area contributed by atoms with Crippen LogP contribution in [-0.2, 0) is 5.75 Å². The van der Waals surface area contributed by atoms with E-state index >= 15 is 0 Å². The molecule has 172 valence electrons. The molecule has 9 heteroatoms. The summed E-state index contributed by atoms with van der Waals surface area (Å²) in [7, 11) is 0. The van der Waals surface area contributed by atoms with Gasteiger partial charge in [-0.05, 0) is 53.9 Å². The first-order chi connectivity index (χ1) is 17.1. The van der Waals surface area contributed by atoms with Crippen molar-refractivity contribution >= 4 is 55.8 Å². The summed E-state index contributed by atoms with van der Waals surface area (Å²) in [4.78, 5) is 24.0. The predicted molar refractivity (Wildman–Crippen MR) is 141 cm³/mol. The summed E-state index contributed by atoms with van der Waals surface area (Å²) in [6.45, 7) is 0. The Morgan fingerprint density at radius 1 is 0.971 bits per heavy atom. The highest BCUT2D eigenvalue weighted by Crippen LogP contribution is 2.32. The second-order valence-electron chi connectivity index (χ2n) is 7.84. The second kappa shape index (κ2) is 8.88. The normalized spacial score (nSPS) is 11.5. The van der Waals surface area contributed by atoms with Crippen molar-refractivity contribution < 1.29 is 5.11 Å². The number of hydrogen-bond acceptors (Lipinski definition) is 6. The van der Waals surface area contributed by atoms with Crippen LogP contribution in [0.25, 0.3) is 37.5 Å². The van der Waals surface area contributed by atoms with E-state index in [4.69, 9.17) is 11.6 Å². The van der Waals surface area contributed by atoms with E-state index < -0.39 is 0 Å². The van der Waals surface area contributed by atoms with Crippen LogP contribution in [-0.4, -0.2) is 19.7 Å². The summed E-state index contributed by atoms with van der Waals surface area (Å²) in [5, 5.41) is 17.8. The van der Waals surface area contributed by atoms with Crippen molar-refractivity contribution in [2.24, 2.45) is 0 Å². The standard InChI is InChI=1S/C26H17ClN4O2S2/c27-15-9-11-16(12-10-15)34-14-21-24(20-13-22(32)17-5-1-2-6-18(17)28-20)25(33)31(30-21)26-29-19-7-3-4-8-23(19)35-26/h1-13,30H,14H2,(H,28,32)/p-1. The lowest BCUT2D eigenvalue weighted by Crippen LogP contribution is -2.15. The van der Waals surface area contributed by atoms with Crippen molar-refractivity contribution in [3.05, 3.63) is 99.9 Å². The van der Waals surface area contributed by atoms with E-state index in [2.05, 4.69) is 15.1 Å². The van der Waals surface area contributed by atoms with Gasteiger partial charge in [-0.25, -0.2) is 9.97 Å². The van der Waals surface area contributed by atoms with Crippen LogP contribution in [0.2, 0.25) is 5.02 Å². The molecule has 0 radical (unpaired) electrons. The van der Waals surface area contributed by atoms with Crippen LogP contribution in [0.4, 0.5) is 0 Å². The van der Waals surface area contributed by atoms with Crippen LogP contribution in [0, 0.1) is 0 Å². The molecule has 0 spiro atoms. The van der Waals surface area contributed by atoms with Gasteiger partial charge in [-0.2, -0.15) is 4.68 Å². The lowest BCUT2D eigenvalue weighted by atomic mass is 10.1. The quantitative estimate of drug-likeness (QED) is 0.284. The summed E-state index contributed by atoms with van der Waals surface area (Å²) in [6.07, 6.45) is 0. The smallest absolute Gasteiger partial charge is 0.283 e. The summed E-state index contributed by atoms with van der Waals surface area (Å²) >= 11 is 8.99. The van der Waals surface area contributed by atoms with E-state index in [1.54, 1.807) is 30.0 Å². The lowest BCUT2D eigenvalue weighted by molar-refractivity contribution is -0.265. The highest BCUT2D eigenvalue weighted by atomic mass is 35.5. The maximum Gasteiger partial charge on any atom is 0.283 e. The molecule has 0 unspecified atom stereocenters. The van der Waals surface area contributed by atoms with Crippen LogP contribution in [0.1, 0.15) is 5.69 Å². The topological polar surface area (TPSA) is 86.6 Å². The van der Waals surface area contributed by atoms with Crippen LogP contribution >= 0.6 is 34.7 Å². The molecule has 0 aliphatic heterocycles. The zero-order valence-electron chi connectivity index (χ0n) is 18.1. The van der Waals surface area contributed by atoms with E-state index in [1.807, 2.05) is 54.6 Å². The Bertz CT molecular complexity index is 1720. The molecule has 0 saturated carbocycles. The summed E-state index contributed by atoms with van der Waals surface area (Å²) < 4.78 is 2.42. The van der Waals surface area contributed by atoms with Crippen molar-refractivity contribution in [2.75, 3.05) is 0 Å². The molecule has 6 nitrogen and oxygen atoms in total. The third-order valence-electron chi connectivity index (χ3n) is 5.57. The van der Waals surface area contributed by atoms with Gasteiger partial charge in [-0.15, -0.1) is 11.8 Å². The molecule has 3 aromatic carbocycles. The molecule has 6 aromatic rings. The Labute approximate surface area is 212 Å². The van der Waals surface area contributed by atoms with Crippen molar-refractivity contribution in [1.29, 1.82) is 0 Å². The number of aromatic amines is 1. The monoisotopic (exact) mass is 515 g/mol. The molecule has 3 aromatic heterocycles. The van der Waals surface area contributed by atoms with Crippen LogP contribution < -0.4 is 10.7 Å². The van der Waals surface area contributed by atoms with Crippen LogP contribution in [0.15, 0.2) is 88.6 Å². The molecule has 35 heavy (non-hydrogen) atoms. The van der Waals surface area contributed by atoms with Crippen LogP contribution in [0.5, 0.6) is 5.75 Å². The van der Waals surface area contributed by atoms with Gasteiger partial charge in [-0.1, -0.05) is 59.0 Å². The van der Waals surface area contributed by atoms with E-state index in [9.17, 15) is 9.90 Å². The van der Waals surface area contributed by atoms with Gasteiger partial charge in [-0.3, -0.25) is 9.89 Å². The number of halogens is 1. The van der Waals surface area contributed by atoms with E-state index in [0.717, 1.165) is 15.1 Å². The van der Waals surface area contributed by atoms with Crippen molar-refractivity contribution in [2.45, 2.75) is 10.6 Å². The van der Waals surface area contributed by atoms with Gasteiger partial charge in [0, 0.05) is 15.7 Å². The second-order valence-corrected chi connectivity index (χ2v) is 10.3. The lowest BCUT2D eigenvalue weighted by Gasteiger charge is -2.12. The number of aromatic nitrogens is 4. The molecule has 0 aliphatic carbocycles. The molecule has 3 heterocycles. The van der Waals surface area contributed by atoms with Crippen molar-refractivity contribution in [1.82, 2.24) is 19.7 Å². The Balaban J connectivity index is 1.50. The third kappa shape index (κ3) is 4.10. The Kier molecular flexibility index (Phi) is 5.56. The van der Waals surface area contributed by atoms with E-state index in [0.29, 0.717) is 43.8 Å². The number of thioether (sulfide) groups is 1. The van der Waals surface area contributed by atoms with Crippen molar-refractivity contribution in [3.8, 4) is 22.1 Å². The van der Waals surface area contributed by atoms with Crippen molar-refractivity contribution in [3.63, 3.8) is 0 Å². The molecule has 0 fully saturated rings. The number of thiazole rings is 1. The van der Waals surface area contributed by atoms with Gasteiger partial charge in [0.15, 0.2) is 0 Å². The number of pyridine rings is 1.